The number of aromatic nitrogens is 2. The molecule has 88 valence electrons. The Kier molecular flexibility index (Phi) is 3.33. The highest BCUT2D eigenvalue weighted by Gasteiger charge is 2.33. The van der Waals surface area contributed by atoms with E-state index < -0.39 is 0 Å². The molecule has 0 spiro atoms. The summed E-state index contributed by atoms with van der Waals surface area (Å²) in [5, 5.41) is 0. The standard InChI is InChI=1S/C12H18ClN3/c1-8-4-10(8)7-16(3)12-14-6-11(5-13)9(2)15-12/h6,8,10H,4-5,7H2,1-3H3. The Morgan fingerprint density at radius 1 is 1.56 bits per heavy atom. The third-order valence-corrected chi connectivity index (χ3v) is 3.63. The van der Waals surface area contributed by atoms with Crippen LogP contribution >= 0.6 is 11.6 Å². The molecule has 1 aromatic rings. The lowest BCUT2D eigenvalue weighted by molar-refractivity contribution is 0.710. The van der Waals surface area contributed by atoms with Crippen LogP contribution in [0.2, 0.25) is 0 Å². The molecular formula is C12H18ClN3. The zero-order valence-corrected chi connectivity index (χ0v) is 10.8. The molecule has 0 bridgehead atoms. The van der Waals surface area contributed by atoms with Gasteiger partial charge < -0.3 is 4.90 Å². The van der Waals surface area contributed by atoms with E-state index in [9.17, 15) is 0 Å². The normalized spacial score (nSPS) is 23.2. The van der Waals surface area contributed by atoms with Gasteiger partial charge in [0.1, 0.15) is 0 Å². The summed E-state index contributed by atoms with van der Waals surface area (Å²) >= 11 is 5.78. The first kappa shape index (κ1) is 11.6. The summed E-state index contributed by atoms with van der Waals surface area (Å²) < 4.78 is 0. The first-order valence-electron chi connectivity index (χ1n) is 5.71. The van der Waals surface area contributed by atoms with Crippen molar-refractivity contribution in [2.45, 2.75) is 26.1 Å². The van der Waals surface area contributed by atoms with Gasteiger partial charge in [-0.2, -0.15) is 0 Å². The van der Waals surface area contributed by atoms with Crippen molar-refractivity contribution in [1.29, 1.82) is 0 Å². The molecule has 2 atom stereocenters. The molecule has 0 radical (unpaired) electrons. The van der Waals surface area contributed by atoms with Crippen LogP contribution in [0.25, 0.3) is 0 Å². The van der Waals surface area contributed by atoms with Crippen LogP contribution in [0.1, 0.15) is 24.6 Å². The number of halogens is 1. The summed E-state index contributed by atoms with van der Waals surface area (Å²) in [5.41, 5.74) is 1.99. The molecule has 1 aromatic heterocycles. The zero-order chi connectivity index (χ0) is 11.7. The van der Waals surface area contributed by atoms with Gasteiger partial charge in [-0.3, -0.25) is 0 Å². The van der Waals surface area contributed by atoms with E-state index in [2.05, 4.69) is 28.8 Å². The minimum absolute atomic E-state index is 0.482. The Morgan fingerprint density at radius 3 is 2.75 bits per heavy atom. The van der Waals surface area contributed by atoms with Gasteiger partial charge in [0, 0.05) is 31.0 Å². The lowest BCUT2D eigenvalue weighted by Crippen LogP contribution is -2.23. The van der Waals surface area contributed by atoms with E-state index in [1.54, 1.807) is 0 Å². The van der Waals surface area contributed by atoms with Gasteiger partial charge in [-0.15, -0.1) is 11.6 Å². The molecular weight excluding hydrogens is 222 g/mol. The van der Waals surface area contributed by atoms with Crippen molar-refractivity contribution in [1.82, 2.24) is 9.97 Å². The summed E-state index contributed by atoms with van der Waals surface area (Å²) in [6, 6.07) is 0. The largest absolute Gasteiger partial charge is 0.344 e. The van der Waals surface area contributed by atoms with Crippen molar-refractivity contribution in [3.8, 4) is 0 Å². The van der Waals surface area contributed by atoms with Crippen LogP contribution in [-0.2, 0) is 5.88 Å². The van der Waals surface area contributed by atoms with Crippen molar-refractivity contribution in [2.75, 3.05) is 18.5 Å². The Labute approximate surface area is 102 Å². The molecule has 1 saturated carbocycles. The predicted molar refractivity (Wildman–Crippen MR) is 66.9 cm³/mol. The predicted octanol–water partition coefficient (Wildman–Crippen LogP) is 2.62. The number of rotatable bonds is 4. The van der Waals surface area contributed by atoms with Crippen molar-refractivity contribution in [3.63, 3.8) is 0 Å². The molecule has 0 amide bonds. The highest BCUT2D eigenvalue weighted by molar-refractivity contribution is 6.17. The first-order valence-corrected chi connectivity index (χ1v) is 6.25. The van der Waals surface area contributed by atoms with E-state index in [1.165, 1.54) is 6.42 Å². The van der Waals surface area contributed by atoms with E-state index in [0.717, 1.165) is 35.6 Å². The van der Waals surface area contributed by atoms with Crippen molar-refractivity contribution < 1.29 is 0 Å². The second kappa shape index (κ2) is 4.58. The van der Waals surface area contributed by atoms with Crippen LogP contribution in [-0.4, -0.2) is 23.6 Å². The average Bonchev–Trinajstić information content (AvgIpc) is 2.94. The van der Waals surface area contributed by atoms with Gasteiger partial charge in [0.05, 0.1) is 5.88 Å². The molecule has 1 fully saturated rings. The first-order chi connectivity index (χ1) is 7.61. The van der Waals surface area contributed by atoms with Crippen LogP contribution in [0.15, 0.2) is 6.20 Å². The maximum atomic E-state index is 5.78. The Hall–Kier alpha value is -0.830. The molecule has 4 heteroatoms. The smallest absolute Gasteiger partial charge is 0.225 e. The van der Waals surface area contributed by atoms with Crippen molar-refractivity contribution in [3.05, 3.63) is 17.5 Å². The Bertz CT molecular complexity index is 381. The van der Waals surface area contributed by atoms with Gasteiger partial charge in [0.15, 0.2) is 0 Å². The number of aryl methyl sites for hydroxylation is 1. The molecule has 1 aliphatic carbocycles. The molecule has 2 rings (SSSR count). The second-order valence-corrected chi connectivity index (χ2v) is 5.04. The quantitative estimate of drug-likeness (QED) is 0.757. The monoisotopic (exact) mass is 239 g/mol. The number of alkyl halides is 1. The molecule has 16 heavy (non-hydrogen) atoms. The van der Waals surface area contributed by atoms with Gasteiger partial charge in [-0.1, -0.05) is 6.92 Å². The number of hydrogen-bond acceptors (Lipinski definition) is 3. The van der Waals surface area contributed by atoms with Gasteiger partial charge in [0.2, 0.25) is 5.95 Å². The SMILES string of the molecule is Cc1nc(N(C)CC2CC2C)ncc1CCl. The molecule has 0 aromatic carbocycles. The number of nitrogens with zero attached hydrogens (tertiary/aromatic N) is 3. The summed E-state index contributed by atoms with van der Waals surface area (Å²) in [6.45, 7) is 5.33. The molecule has 0 saturated heterocycles. The van der Waals surface area contributed by atoms with E-state index in [4.69, 9.17) is 11.6 Å². The summed E-state index contributed by atoms with van der Waals surface area (Å²) in [7, 11) is 2.06. The fourth-order valence-corrected chi connectivity index (χ4v) is 2.14. The lowest BCUT2D eigenvalue weighted by Gasteiger charge is -2.17. The summed E-state index contributed by atoms with van der Waals surface area (Å²) in [4.78, 5) is 11.0. The topological polar surface area (TPSA) is 29.0 Å². The third kappa shape index (κ3) is 2.46. The minimum atomic E-state index is 0.482. The van der Waals surface area contributed by atoms with Crippen LogP contribution in [0, 0.1) is 18.8 Å². The van der Waals surface area contributed by atoms with Crippen LogP contribution in [0.3, 0.4) is 0 Å². The maximum Gasteiger partial charge on any atom is 0.225 e. The molecule has 0 aliphatic heterocycles. The fraction of sp³-hybridized carbons (Fsp3) is 0.667. The molecule has 0 N–H and O–H groups in total. The van der Waals surface area contributed by atoms with Crippen LogP contribution < -0.4 is 4.90 Å². The Balaban J connectivity index is 2.05. The minimum Gasteiger partial charge on any atom is -0.344 e. The second-order valence-electron chi connectivity index (χ2n) is 4.77. The summed E-state index contributed by atoms with van der Waals surface area (Å²) in [5.74, 6) is 2.98. The van der Waals surface area contributed by atoms with Crippen molar-refractivity contribution >= 4 is 17.5 Å². The van der Waals surface area contributed by atoms with Gasteiger partial charge >= 0.3 is 0 Å². The number of anilines is 1. The van der Waals surface area contributed by atoms with E-state index >= 15 is 0 Å². The third-order valence-electron chi connectivity index (χ3n) is 3.34. The van der Waals surface area contributed by atoms with E-state index in [0.29, 0.717) is 5.88 Å². The molecule has 3 nitrogen and oxygen atoms in total. The molecule has 1 aliphatic rings. The van der Waals surface area contributed by atoms with E-state index in [1.807, 2.05) is 13.1 Å². The van der Waals surface area contributed by atoms with Crippen LogP contribution in [0.4, 0.5) is 5.95 Å². The highest BCUT2D eigenvalue weighted by Crippen LogP contribution is 2.38. The zero-order valence-electron chi connectivity index (χ0n) is 10.1. The lowest BCUT2D eigenvalue weighted by atomic mass is 10.3. The van der Waals surface area contributed by atoms with Crippen molar-refractivity contribution in [2.24, 2.45) is 11.8 Å². The van der Waals surface area contributed by atoms with E-state index in [-0.39, 0.29) is 0 Å². The Morgan fingerprint density at radius 2 is 2.25 bits per heavy atom. The van der Waals surface area contributed by atoms with Gasteiger partial charge in [0.25, 0.3) is 0 Å². The fourth-order valence-electron chi connectivity index (χ4n) is 1.88. The molecule has 2 unspecified atom stereocenters. The molecule has 1 heterocycles. The average molecular weight is 240 g/mol. The van der Waals surface area contributed by atoms with Crippen LogP contribution in [0.5, 0.6) is 0 Å². The number of hydrogen-bond donors (Lipinski definition) is 0. The van der Waals surface area contributed by atoms with Gasteiger partial charge in [-0.25, -0.2) is 9.97 Å². The summed E-state index contributed by atoms with van der Waals surface area (Å²) in [6.07, 6.45) is 3.17. The highest BCUT2D eigenvalue weighted by atomic mass is 35.5. The van der Waals surface area contributed by atoms with Gasteiger partial charge in [-0.05, 0) is 25.2 Å². The maximum absolute atomic E-state index is 5.78.